The Kier molecular flexibility index (Phi) is 3.99. The molecule has 2 rings (SSSR count). The summed E-state index contributed by atoms with van der Waals surface area (Å²) in [6.45, 7) is 5.01. The van der Waals surface area contributed by atoms with Crippen LogP contribution in [0.4, 0.5) is 5.95 Å². The van der Waals surface area contributed by atoms with Crippen LogP contribution in [-0.2, 0) is 11.3 Å². The number of rotatable bonds is 3. The molecule has 2 atom stereocenters. The van der Waals surface area contributed by atoms with Gasteiger partial charge < -0.3 is 16.4 Å². The van der Waals surface area contributed by atoms with E-state index in [9.17, 15) is 4.79 Å². The summed E-state index contributed by atoms with van der Waals surface area (Å²) in [6, 6.07) is 2.19. The molecule has 1 aliphatic rings. The molecule has 0 aliphatic carbocycles. The predicted octanol–water partition coefficient (Wildman–Crippen LogP) is 0.334. The second-order valence-corrected chi connectivity index (χ2v) is 5.18. The van der Waals surface area contributed by atoms with Crippen molar-refractivity contribution in [3.05, 3.63) is 17.5 Å². The third kappa shape index (κ3) is 3.01. The zero-order valence-corrected chi connectivity index (χ0v) is 11.5. The standard InChI is InChI=1S/C13H21N5O/c1-8-5-11(6-14)17-13(16-8)18-7-10(12(15)19)4-3-9(18)2/h5,9-10H,3-4,6-7,14H2,1-2H3,(H2,15,19). The Morgan fingerprint density at radius 2 is 2.21 bits per heavy atom. The van der Waals surface area contributed by atoms with Crippen molar-refractivity contribution in [3.8, 4) is 0 Å². The first-order valence-corrected chi connectivity index (χ1v) is 6.62. The molecule has 4 N–H and O–H groups in total. The highest BCUT2D eigenvalue weighted by molar-refractivity contribution is 5.77. The number of carbonyl (C=O) groups excluding carboxylic acids is 1. The summed E-state index contributed by atoms with van der Waals surface area (Å²) in [7, 11) is 0. The van der Waals surface area contributed by atoms with E-state index in [0.717, 1.165) is 24.2 Å². The Morgan fingerprint density at radius 3 is 2.84 bits per heavy atom. The van der Waals surface area contributed by atoms with E-state index in [2.05, 4.69) is 21.8 Å². The largest absolute Gasteiger partial charge is 0.369 e. The lowest BCUT2D eigenvalue weighted by molar-refractivity contribution is -0.122. The van der Waals surface area contributed by atoms with Gasteiger partial charge in [-0.3, -0.25) is 4.79 Å². The summed E-state index contributed by atoms with van der Waals surface area (Å²) in [5.41, 5.74) is 12.8. The van der Waals surface area contributed by atoms with Gasteiger partial charge in [-0.2, -0.15) is 0 Å². The molecule has 19 heavy (non-hydrogen) atoms. The van der Waals surface area contributed by atoms with E-state index in [4.69, 9.17) is 11.5 Å². The first-order valence-electron chi connectivity index (χ1n) is 6.62. The van der Waals surface area contributed by atoms with E-state index in [-0.39, 0.29) is 11.8 Å². The van der Waals surface area contributed by atoms with Gasteiger partial charge in [0.1, 0.15) is 0 Å². The van der Waals surface area contributed by atoms with E-state index in [1.54, 1.807) is 0 Å². The maximum atomic E-state index is 11.4. The van der Waals surface area contributed by atoms with Crippen LogP contribution in [0.25, 0.3) is 0 Å². The summed E-state index contributed by atoms with van der Waals surface area (Å²) in [5.74, 6) is 0.282. The van der Waals surface area contributed by atoms with Crippen LogP contribution in [0.5, 0.6) is 0 Å². The third-order valence-corrected chi connectivity index (χ3v) is 3.65. The number of carbonyl (C=O) groups is 1. The van der Waals surface area contributed by atoms with Gasteiger partial charge in [-0.1, -0.05) is 0 Å². The number of hydrogen-bond donors (Lipinski definition) is 2. The van der Waals surface area contributed by atoms with Gasteiger partial charge >= 0.3 is 0 Å². The normalized spacial score (nSPS) is 23.4. The molecule has 1 aliphatic heterocycles. The van der Waals surface area contributed by atoms with Gasteiger partial charge in [-0.05, 0) is 32.8 Å². The highest BCUT2D eigenvalue weighted by Crippen LogP contribution is 2.25. The van der Waals surface area contributed by atoms with Crippen LogP contribution in [0, 0.1) is 12.8 Å². The molecule has 6 heteroatoms. The van der Waals surface area contributed by atoms with Gasteiger partial charge in [-0.25, -0.2) is 9.97 Å². The summed E-state index contributed by atoms with van der Waals surface area (Å²) < 4.78 is 0. The second-order valence-electron chi connectivity index (χ2n) is 5.18. The number of nitrogens with zero attached hydrogens (tertiary/aromatic N) is 3. The molecule has 0 aromatic carbocycles. The number of nitrogens with two attached hydrogens (primary N) is 2. The third-order valence-electron chi connectivity index (χ3n) is 3.65. The zero-order valence-electron chi connectivity index (χ0n) is 11.5. The number of hydrogen-bond acceptors (Lipinski definition) is 5. The van der Waals surface area contributed by atoms with Crippen LogP contribution >= 0.6 is 0 Å². The van der Waals surface area contributed by atoms with Gasteiger partial charge in [-0.15, -0.1) is 0 Å². The lowest BCUT2D eigenvalue weighted by Gasteiger charge is -2.37. The highest BCUT2D eigenvalue weighted by Gasteiger charge is 2.30. The molecule has 0 bridgehead atoms. The highest BCUT2D eigenvalue weighted by atomic mass is 16.1. The minimum absolute atomic E-state index is 0.123. The lowest BCUT2D eigenvalue weighted by atomic mass is 9.93. The fourth-order valence-electron chi connectivity index (χ4n) is 2.47. The Labute approximate surface area is 113 Å². The Hall–Kier alpha value is -1.69. The molecule has 0 spiro atoms. The SMILES string of the molecule is Cc1cc(CN)nc(N2CC(C(N)=O)CCC2C)n1. The van der Waals surface area contributed by atoms with E-state index >= 15 is 0 Å². The van der Waals surface area contributed by atoms with E-state index in [1.165, 1.54) is 0 Å². The number of anilines is 1. The minimum Gasteiger partial charge on any atom is -0.369 e. The van der Waals surface area contributed by atoms with E-state index in [1.807, 2.05) is 13.0 Å². The zero-order chi connectivity index (χ0) is 14.0. The molecule has 104 valence electrons. The molecular formula is C13H21N5O. The number of piperidine rings is 1. The molecule has 2 unspecified atom stereocenters. The van der Waals surface area contributed by atoms with Crippen molar-refractivity contribution in [1.29, 1.82) is 0 Å². The molecule has 2 heterocycles. The van der Waals surface area contributed by atoms with Crippen LogP contribution in [0.2, 0.25) is 0 Å². The topological polar surface area (TPSA) is 98.1 Å². The van der Waals surface area contributed by atoms with Gasteiger partial charge in [0.05, 0.1) is 11.6 Å². The first kappa shape index (κ1) is 13.7. The fraction of sp³-hybridized carbons (Fsp3) is 0.615. The van der Waals surface area contributed by atoms with Gasteiger partial charge in [0.15, 0.2) is 0 Å². The Morgan fingerprint density at radius 1 is 1.47 bits per heavy atom. The van der Waals surface area contributed by atoms with Crippen LogP contribution in [0.1, 0.15) is 31.2 Å². The Bertz CT molecular complexity index is 476. The minimum atomic E-state index is -0.247. The monoisotopic (exact) mass is 263 g/mol. The molecule has 1 amide bonds. The van der Waals surface area contributed by atoms with E-state index in [0.29, 0.717) is 25.1 Å². The van der Waals surface area contributed by atoms with Crippen molar-refractivity contribution in [1.82, 2.24) is 9.97 Å². The van der Waals surface area contributed by atoms with Crippen molar-refractivity contribution in [2.75, 3.05) is 11.4 Å². The molecule has 1 fully saturated rings. The smallest absolute Gasteiger partial charge is 0.226 e. The number of aryl methyl sites for hydroxylation is 1. The Balaban J connectivity index is 2.27. The van der Waals surface area contributed by atoms with E-state index < -0.39 is 0 Å². The van der Waals surface area contributed by atoms with Crippen LogP contribution in [0.15, 0.2) is 6.07 Å². The number of amides is 1. The predicted molar refractivity (Wildman–Crippen MR) is 73.4 cm³/mol. The molecule has 0 saturated carbocycles. The van der Waals surface area contributed by atoms with Crippen molar-refractivity contribution < 1.29 is 4.79 Å². The average Bonchev–Trinajstić information content (AvgIpc) is 2.38. The van der Waals surface area contributed by atoms with Crippen molar-refractivity contribution in [3.63, 3.8) is 0 Å². The van der Waals surface area contributed by atoms with Crippen molar-refractivity contribution >= 4 is 11.9 Å². The second kappa shape index (κ2) is 5.52. The van der Waals surface area contributed by atoms with Crippen molar-refractivity contribution in [2.45, 2.75) is 39.3 Å². The van der Waals surface area contributed by atoms with Crippen LogP contribution < -0.4 is 16.4 Å². The molecule has 1 saturated heterocycles. The maximum absolute atomic E-state index is 11.4. The first-order chi connectivity index (χ1) is 9.01. The summed E-state index contributed by atoms with van der Waals surface area (Å²) in [5, 5.41) is 0. The summed E-state index contributed by atoms with van der Waals surface area (Å²) in [6.07, 6.45) is 1.76. The fourth-order valence-corrected chi connectivity index (χ4v) is 2.47. The molecule has 1 aromatic heterocycles. The van der Waals surface area contributed by atoms with Gasteiger partial charge in [0.2, 0.25) is 11.9 Å². The van der Waals surface area contributed by atoms with Crippen molar-refractivity contribution in [2.24, 2.45) is 17.4 Å². The summed E-state index contributed by atoms with van der Waals surface area (Å²) in [4.78, 5) is 22.3. The quantitative estimate of drug-likeness (QED) is 0.819. The molecular weight excluding hydrogens is 242 g/mol. The summed E-state index contributed by atoms with van der Waals surface area (Å²) >= 11 is 0. The lowest BCUT2D eigenvalue weighted by Crippen LogP contribution is -2.46. The average molecular weight is 263 g/mol. The number of primary amides is 1. The molecule has 6 nitrogen and oxygen atoms in total. The number of aromatic nitrogens is 2. The molecule has 0 radical (unpaired) electrons. The van der Waals surface area contributed by atoms with Crippen LogP contribution in [0.3, 0.4) is 0 Å². The maximum Gasteiger partial charge on any atom is 0.226 e. The van der Waals surface area contributed by atoms with Gasteiger partial charge in [0.25, 0.3) is 0 Å². The van der Waals surface area contributed by atoms with Crippen LogP contribution in [-0.4, -0.2) is 28.5 Å². The van der Waals surface area contributed by atoms with Gasteiger partial charge in [0, 0.05) is 24.8 Å². The molecule has 1 aromatic rings.